The molecule has 0 saturated carbocycles. The van der Waals surface area contributed by atoms with Gasteiger partial charge in [-0.2, -0.15) is 0 Å². The largest absolute Gasteiger partial charge is 0.491 e. The van der Waals surface area contributed by atoms with Gasteiger partial charge in [-0.1, -0.05) is 6.07 Å². The summed E-state index contributed by atoms with van der Waals surface area (Å²) in [4.78, 5) is 0. The van der Waals surface area contributed by atoms with Gasteiger partial charge in [0, 0.05) is 0 Å². The second kappa shape index (κ2) is 6.62. The second-order valence-electron chi connectivity index (χ2n) is 4.47. The van der Waals surface area contributed by atoms with Gasteiger partial charge in [0.1, 0.15) is 12.4 Å². The zero-order valence-electron chi connectivity index (χ0n) is 11.1. The number of aryl methyl sites for hydroxylation is 1. The average molecular weight is 238 g/mol. The number of hydrogen-bond acceptors (Lipinski definition) is 3. The van der Waals surface area contributed by atoms with Crippen molar-refractivity contribution in [3.05, 3.63) is 29.3 Å². The van der Waals surface area contributed by atoms with Gasteiger partial charge in [0.2, 0.25) is 0 Å². The highest BCUT2D eigenvalue weighted by Crippen LogP contribution is 2.22. The van der Waals surface area contributed by atoms with Gasteiger partial charge in [0.25, 0.3) is 0 Å². The zero-order chi connectivity index (χ0) is 12.8. The van der Waals surface area contributed by atoms with Crippen molar-refractivity contribution >= 4 is 0 Å². The molecule has 3 nitrogen and oxygen atoms in total. The third-order valence-electron chi connectivity index (χ3n) is 2.47. The summed E-state index contributed by atoms with van der Waals surface area (Å²) in [5.74, 6) is 0.849. The number of aliphatic hydroxyl groups is 1. The smallest absolute Gasteiger partial charge is 0.122 e. The van der Waals surface area contributed by atoms with Crippen LogP contribution in [-0.2, 0) is 4.74 Å². The lowest BCUT2D eigenvalue weighted by Crippen LogP contribution is -2.11. The Hall–Kier alpha value is -1.06. The van der Waals surface area contributed by atoms with Crippen LogP contribution in [0.1, 0.15) is 38.0 Å². The van der Waals surface area contributed by atoms with E-state index < -0.39 is 6.10 Å². The van der Waals surface area contributed by atoms with Gasteiger partial charge < -0.3 is 14.6 Å². The van der Waals surface area contributed by atoms with Crippen LogP contribution in [0.2, 0.25) is 0 Å². The van der Waals surface area contributed by atoms with Crippen molar-refractivity contribution in [2.24, 2.45) is 0 Å². The molecule has 0 radical (unpaired) electrons. The molecule has 0 aromatic heterocycles. The first kappa shape index (κ1) is 14.0. The highest BCUT2D eigenvalue weighted by molar-refractivity contribution is 5.36. The molecule has 0 aliphatic heterocycles. The Morgan fingerprint density at radius 2 is 1.88 bits per heavy atom. The van der Waals surface area contributed by atoms with Gasteiger partial charge in [-0.15, -0.1) is 0 Å². The average Bonchev–Trinajstić information content (AvgIpc) is 2.25. The molecule has 1 N–H and O–H groups in total. The fourth-order valence-electron chi connectivity index (χ4n) is 1.53. The van der Waals surface area contributed by atoms with E-state index >= 15 is 0 Å². The van der Waals surface area contributed by atoms with Crippen LogP contribution in [-0.4, -0.2) is 24.4 Å². The lowest BCUT2D eigenvalue weighted by Gasteiger charge is -2.13. The van der Waals surface area contributed by atoms with Crippen LogP contribution in [0, 0.1) is 6.92 Å². The van der Waals surface area contributed by atoms with E-state index in [1.54, 1.807) is 6.92 Å². The van der Waals surface area contributed by atoms with Crippen LogP contribution in [0.25, 0.3) is 0 Å². The quantitative estimate of drug-likeness (QED) is 0.774. The van der Waals surface area contributed by atoms with Gasteiger partial charge in [0.05, 0.1) is 18.8 Å². The van der Waals surface area contributed by atoms with Gasteiger partial charge >= 0.3 is 0 Å². The van der Waals surface area contributed by atoms with Crippen molar-refractivity contribution in [2.45, 2.75) is 39.9 Å². The number of aliphatic hydroxyl groups excluding tert-OH is 1. The lowest BCUT2D eigenvalue weighted by atomic mass is 10.1. The summed E-state index contributed by atoms with van der Waals surface area (Å²) in [5, 5.41) is 9.45. The molecule has 1 aromatic carbocycles. The maximum absolute atomic E-state index is 9.45. The Morgan fingerprint density at radius 1 is 1.18 bits per heavy atom. The van der Waals surface area contributed by atoms with Crippen LogP contribution in [0.3, 0.4) is 0 Å². The summed E-state index contributed by atoms with van der Waals surface area (Å²) >= 11 is 0. The van der Waals surface area contributed by atoms with Crippen LogP contribution in [0.15, 0.2) is 18.2 Å². The molecule has 0 saturated heterocycles. The minimum absolute atomic E-state index is 0.234. The molecule has 1 rings (SSSR count). The van der Waals surface area contributed by atoms with Crippen molar-refractivity contribution in [3.63, 3.8) is 0 Å². The number of ether oxygens (including phenoxy) is 2. The lowest BCUT2D eigenvalue weighted by molar-refractivity contribution is 0.0551. The van der Waals surface area contributed by atoms with Gasteiger partial charge in [0.15, 0.2) is 0 Å². The highest BCUT2D eigenvalue weighted by Gasteiger charge is 2.05. The first-order chi connectivity index (χ1) is 8.00. The predicted molar refractivity (Wildman–Crippen MR) is 68.4 cm³/mol. The summed E-state index contributed by atoms with van der Waals surface area (Å²) in [6, 6.07) is 5.73. The zero-order valence-corrected chi connectivity index (χ0v) is 11.1. The molecule has 0 heterocycles. The summed E-state index contributed by atoms with van der Waals surface area (Å²) in [6.45, 7) is 8.88. The third-order valence-corrected chi connectivity index (χ3v) is 2.47. The van der Waals surface area contributed by atoms with Crippen molar-refractivity contribution in [3.8, 4) is 5.75 Å². The Kier molecular flexibility index (Phi) is 5.45. The van der Waals surface area contributed by atoms with E-state index in [-0.39, 0.29) is 6.10 Å². The first-order valence-corrected chi connectivity index (χ1v) is 6.03. The minimum Gasteiger partial charge on any atom is -0.491 e. The molecule has 0 aliphatic rings. The maximum Gasteiger partial charge on any atom is 0.122 e. The Morgan fingerprint density at radius 3 is 2.41 bits per heavy atom. The molecular weight excluding hydrogens is 216 g/mol. The number of benzene rings is 1. The molecule has 0 aliphatic carbocycles. The van der Waals surface area contributed by atoms with Crippen LogP contribution in [0.4, 0.5) is 0 Å². The summed E-state index contributed by atoms with van der Waals surface area (Å²) < 4.78 is 11.0. The molecular formula is C14H22O3. The fourth-order valence-corrected chi connectivity index (χ4v) is 1.53. The Bertz CT molecular complexity index is 345. The van der Waals surface area contributed by atoms with Gasteiger partial charge in [-0.3, -0.25) is 0 Å². The van der Waals surface area contributed by atoms with Crippen LogP contribution < -0.4 is 4.74 Å². The highest BCUT2D eigenvalue weighted by atomic mass is 16.5. The van der Waals surface area contributed by atoms with Crippen molar-refractivity contribution in [1.29, 1.82) is 0 Å². The van der Waals surface area contributed by atoms with Gasteiger partial charge in [-0.05, 0) is 51.0 Å². The van der Waals surface area contributed by atoms with E-state index in [1.807, 2.05) is 39.0 Å². The second-order valence-corrected chi connectivity index (χ2v) is 4.47. The monoisotopic (exact) mass is 238 g/mol. The summed E-state index contributed by atoms with van der Waals surface area (Å²) in [7, 11) is 0. The van der Waals surface area contributed by atoms with E-state index in [1.165, 1.54) is 0 Å². The summed E-state index contributed by atoms with van der Waals surface area (Å²) in [6.07, 6.45) is -0.204. The molecule has 96 valence electrons. The maximum atomic E-state index is 9.45. The molecule has 1 aromatic rings. The van der Waals surface area contributed by atoms with E-state index in [4.69, 9.17) is 9.47 Å². The van der Waals surface area contributed by atoms with Crippen molar-refractivity contribution < 1.29 is 14.6 Å². The molecule has 0 bridgehead atoms. The Labute approximate surface area is 103 Å². The molecule has 0 amide bonds. The van der Waals surface area contributed by atoms with Crippen molar-refractivity contribution in [2.75, 3.05) is 13.2 Å². The topological polar surface area (TPSA) is 38.7 Å². The predicted octanol–water partition coefficient (Wildman–Crippen LogP) is 2.85. The van der Waals surface area contributed by atoms with Crippen LogP contribution >= 0.6 is 0 Å². The van der Waals surface area contributed by atoms with E-state index in [9.17, 15) is 5.11 Å². The Balaban J connectivity index is 2.49. The summed E-state index contributed by atoms with van der Waals surface area (Å²) in [5.41, 5.74) is 1.95. The van der Waals surface area contributed by atoms with E-state index in [0.717, 1.165) is 16.9 Å². The number of hydrogen-bond donors (Lipinski definition) is 1. The van der Waals surface area contributed by atoms with E-state index in [0.29, 0.717) is 13.2 Å². The third kappa shape index (κ3) is 4.75. The SMILES string of the molecule is Cc1cc(C(C)O)ccc1OCCOC(C)C. The molecule has 3 heteroatoms. The first-order valence-electron chi connectivity index (χ1n) is 6.03. The van der Waals surface area contributed by atoms with Crippen molar-refractivity contribution in [1.82, 2.24) is 0 Å². The fraction of sp³-hybridized carbons (Fsp3) is 0.571. The normalized spacial score (nSPS) is 12.8. The molecule has 0 fully saturated rings. The number of rotatable bonds is 6. The standard InChI is InChI=1S/C14H22O3/c1-10(2)16-7-8-17-14-6-5-13(12(4)15)9-11(14)3/h5-6,9-10,12,15H,7-8H2,1-4H3. The van der Waals surface area contributed by atoms with Gasteiger partial charge in [-0.25, -0.2) is 0 Å². The van der Waals surface area contributed by atoms with E-state index in [2.05, 4.69) is 0 Å². The molecule has 0 spiro atoms. The minimum atomic E-state index is -0.438. The molecule has 1 unspecified atom stereocenters. The molecule has 1 atom stereocenters. The molecule has 17 heavy (non-hydrogen) atoms. The van der Waals surface area contributed by atoms with Crippen LogP contribution in [0.5, 0.6) is 5.75 Å².